The standard InChI is InChI=1S/C15H25NO2S/c1-12(2)9-14-5-7-15(8-6-14)10-16-13(3)11-19(4,17)18/h5-8,12-13,16H,9-11H2,1-4H3/t13-/m1/s1. The molecular formula is C15H25NO2S. The third-order valence-corrected chi connectivity index (χ3v) is 3.98. The molecule has 1 aromatic rings. The summed E-state index contributed by atoms with van der Waals surface area (Å²) in [5, 5.41) is 3.24. The van der Waals surface area contributed by atoms with Gasteiger partial charge in [0.05, 0.1) is 5.75 Å². The lowest BCUT2D eigenvalue weighted by Crippen LogP contribution is -2.32. The van der Waals surface area contributed by atoms with Gasteiger partial charge < -0.3 is 5.32 Å². The van der Waals surface area contributed by atoms with E-state index < -0.39 is 9.84 Å². The molecule has 0 fully saturated rings. The predicted octanol–water partition coefficient (Wildman–Crippen LogP) is 2.41. The Balaban J connectivity index is 2.45. The van der Waals surface area contributed by atoms with Gasteiger partial charge in [-0.2, -0.15) is 0 Å². The molecule has 0 unspecified atom stereocenters. The fourth-order valence-electron chi connectivity index (χ4n) is 2.07. The third kappa shape index (κ3) is 7.33. The van der Waals surface area contributed by atoms with Crippen LogP contribution in [0.25, 0.3) is 0 Å². The van der Waals surface area contributed by atoms with E-state index in [0.717, 1.165) is 6.42 Å². The van der Waals surface area contributed by atoms with Crippen molar-refractivity contribution in [2.75, 3.05) is 12.0 Å². The molecule has 3 nitrogen and oxygen atoms in total. The highest BCUT2D eigenvalue weighted by Crippen LogP contribution is 2.09. The van der Waals surface area contributed by atoms with E-state index in [1.807, 2.05) is 6.92 Å². The number of hydrogen-bond acceptors (Lipinski definition) is 3. The molecule has 1 atom stereocenters. The fourth-order valence-corrected chi connectivity index (χ4v) is 3.10. The maximum Gasteiger partial charge on any atom is 0.148 e. The first-order valence-electron chi connectivity index (χ1n) is 6.75. The second-order valence-corrected chi connectivity index (χ2v) is 7.97. The van der Waals surface area contributed by atoms with E-state index in [1.54, 1.807) is 0 Å². The maximum absolute atomic E-state index is 11.2. The quantitative estimate of drug-likeness (QED) is 0.836. The van der Waals surface area contributed by atoms with Gasteiger partial charge in [0.2, 0.25) is 0 Å². The summed E-state index contributed by atoms with van der Waals surface area (Å²) in [5.41, 5.74) is 2.54. The molecule has 19 heavy (non-hydrogen) atoms. The minimum absolute atomic E-state index is 0.0228. The third-order valence-electron chi connectivity index (χ3n) is 2.87. The average molecular weight is 283 g/mol. The molecule has 0 aromatic heterocycles. The summed E-state index contributed by atoms with van der Waals surface area (Å²) >= 11 is 0. The molecular weight excluding hydrogens is 258 g/mol. The summed E-state index contributed by atoms with van der Waals surface area (Å²) < 4.78 is 22.3. The van der Waals surface area contributed by atoms with Crippen LogP contribution in [-0.4, -0.2) is 26.5 Å². The summed E-state index contributed by atoms with van der Waals surface area (Å²) in [7, 11) is -2.91. The van der Waals surface area contributed by atoms with Crippen molar-refractivity contribution in [3.05, 3.63) is 35.4 Å². The van der Waals surface area contributed by atoms with E-state index in [2.05, 4.69) is 43.4 Å². The number of benzene rings is 1. The lowest BCUT2D eigenvalue weighted by molar-refractivity contribution is 0.560. The van der Waals surface area contributed by atoms with Crippen LogP contribution < -0.4 is 5.32 Å². The van der Waals surface area contributed by atoms with E-state index >= 15 is 0 Å². The van der Waals surface area contributed by atoms with Gasteiger partial charge >= 0.3 is 0 Å². The normalized spacial score (nSPS) is 13.7. The molecule has 4 heteroatoms. The van der Waals surface area contributed by atoms with Crippen molar-refractivity contribution in [3.8, 4) is 0 Å². The first-order chi connectivity index (χ1) is 8.76. The molecule has 0 amide bonds. The van der Waals surface area contributed by atoms with Crippen LogP contribution >= 0.6 is 0 Å². The molecule has 1 N–H and O–H groups in total. The van der Waals surface area contributed by atoms with Gasteiger partial charge in [-0.3, -0.25) is 0 Å². The lowest BCUT2D eigenvalue weighted by atomic mass is 10.0. The first-order valence-corrected chi connectivity index (χ1v) is 8.81. The first kappa shape index (κ1) is 16.2. The van der Waals surface area contributed by atoms with E-state index in [9.17, 15) is 8.42 Å². The SMILES string of the molecule is CC(C)Cc1ccc(CN[C@H](C)CS(C)(=O)=O)cc1. The van der Waals surface area contributed by atoms with Crippen LogP contribution in [-0.2, 0) is 22.8 Å². The van der Waals surface area contributed by atoms with E-state index in [4.69, 9.17) is 0 Å². The monoisotopic (exact) mass is 283 g/mol. The van der Waals surface area contributed by atoms with E-state index in [1.165, 1.54) is 17.4 Å². The van der Waals surface area contributed by atoms with Crippen molar-refractivity contribution < 1.29 is 8.42 Å². The summed E-state index contributed by atoms with van der Waals surface area (Å²) in [5.74, 6) is 0.845. The predicted molar refractivity (Wildman–Crippen MR) is 81.0 cm³/mol. The van der Waals surface area contributed by atoms with Crippen LogP contribution in [0.4, 0.5) is 0 Å². The maximum atomic E-state index is 11.2. The van der Waals surface area contributed by atoms with Crippen LogP contribution in [0.2, 0.25) is 0 Å². The fraction of sp³-hybridized carbons (Fsp3) is 0.600. The highest BCUT2D eigenvalue weighted by molar-refractivity contribution is 7.90. The number of sulfone groups is 1. The Morgan fingerprint density at radius 2 is 1.58 bits per heavy atom. The minimum atomic E-state index is -2.91. The van der Waals surface area contributed by atoms with Crippen LogP contribution in [0.15, 0.2) is 24.3 Å². The smallest absolute Gasteiger partial charge is 0.148 e. The van der Waals surface area contributed by atoms with Gasteiger partial charge in [-0.25, -0.2) is 8.42 Å². The zero-order chi connectivity index (χ0) is 14.5. The van der Waals surface area contributed by atoms with Gasteiger partial charge in [0, 0.05) is 18.8 Å². The molecule has 1 aromatic carbocycles. The van der Waals surface area contributed by atoms with Crippen molar-refractivity contribution >= 4 is 9.84 Å². The number of hydrogen-bond donors (Lipinski definition) is 1. The van der Waals surface area contributed by atoms with Crippen molar-refractivity contribution in [2.24, 2.45) is 5.92 Å². The second kappa shape index (κ2) is 7.06. The Bertz CT molecular complexity index is 477. The van der Waals surface area contributed by atoms with Gasteiger partial charge in [0.1, 0.15) is 9.84 Å². The van der Waals surface area contributed by atoms with Crippen molar-refractivity contribution in [2.45, 2.75) is 39.8 Å². The highest BCUT2D eigenvalue weighted by Gasteiger charge is 2.09. The van der Waals surface area contributed by atoms with Gasteiger partial charge in [-0.1, -0.05) is 38.1 Å². The van der Waals surface area contributed by atoms with Crippen LogP contribution in [0.3, 0.4) is 0 Å². The van der Waals surface area contributed by atoms with Crippen LogP contribution in [0.1, 0.15) is 31.9 Å². The summed E-state index contributed by atoms with van der Waals surface area (Å²) in [6.07, 6.45) is 2.37. The summed E-state index contributed by atoms with van der Waals surface area (Å²) in [6.45, 7) is 7.03. The number of nitrogens with one attached hydrogen (secondary N) is 1. The molecule has 1 rings (SSSR count). The molecule has 0 saturated heterocycles. The number of rotatable bonds is 7. The topological polar surface area (TPSA) is 46.2 Å². The Morgan fingerprint density at radius 1 is 1.05 bits per heavy atom. The molecule has 0 spiro atoms. The van der Waals surface area contributed by atoms with Crippen LogP contribution in [0.5, 0.6) is 0 Å². The molecule has 0 saturated carbocycles. The molecule has 0 aliphatic carbocycles. The molecule has 0 radical (unpaired) electrons. The second-order valence-electron chi connectivity index (χ2n) is 5.79. The Morgan fingerprint density at radius 3 is 2.05 bits per heavy atom. The molecule has 0 heterocycles. The molecule has 0 aliphatic rings. The summed E-state index contributed by atoms with van der Waals surface area (Å²) in [4.78, 5) is 0. The molecule has 108 valence electrons. The van der Waals surface area contributed by atoms with E-state index in [0.29, 0.717) is 12.5 Å². The van der Waals surface area contributed by atoms with Gasteiger partial charge in [-0.15, -0.1) is 0 Å². The van der Waals surface area contributed by atoms with Gasteiger partial charge in [-0.05, 0) is 30.4 Å². The Kier molecular flexibility index (Phi) is 6.01. The largest absolute Gasteiger partial charge is 0.309 e. The average Bonchev–Trinajstić information content (AvgIpc) is 2.25. The molecule has 0 aliphatic heterocycles. The highest BCUT2D eigenvalue weighted by atomic mass is 32.2. The van der Waals surface area contributed by atoms with Crippen LogP contribution in [0, 0.1) is 5.92 Å². The Hall–Kier alpha value is -0.870. The summed E-state index contributed by atoms with van der Waals surface area (Å²) in [6, 6.07) is 8.50. The minimum Gasteiger partial charge on any atom is -0.309 e. The zero-order valence-electron chi connectivity index (χ0n) is 12.3. The Labute approximate surface area is 117 Å². The van der Waals surface area contributed by atoms with E-state index in [-0.39, 0.29) is 11.8 Å². The van der Waals surface area contributed by atoms with Crippen molar-refractivity contribution in [1.82, 2.24) is 5.32 Å². The molecule has 0 bridgehead atoms. The van der Waals surface area contributed by atoms with Gasteiger partial charge in [0.15, 0.2) is 0 Å². The lowest BCUT2D eigenvalue weighted by Gasteiger charge is -2.13. The van der Waals surface area contributed by atoms with Gasteiger partial charge in [0.25, 0.3) is 0 Å². The zero-order valence-corrected chi connectivity index (χ0v) is 13.1. The van der Waals surface area contributed by atoms with Crippen molar-refractivity contribution in [3.63, 3.8) is 0 Å². The van der Waals surface area contributed by atoms with Crippen molar-refractivity contribution in [1.29, 1.82) is 0 Å².